The lowest BCUT2D eigenvalue weighted by Gasteiger charge is -2.11. The molecule has 0 aliphatic rings. The van der Waals surface area contributed by atoms with Crippen LogP contribution in [-0.4, -0.2) is 5.11 Å². The lowest BCUT2D eigenvalue weighted by Crippen LogP contribution is -2.04. The molecule has 0 saturated carbocycles. The van der Waals surface area contributed by atoms with E-state index in [2.05, 4.69) is 0 Å². The molecule has 0 atom stereocenters. The van der Waals surface area contributed by atoms with Gasteiger partial charge in [0.2, 0.25) is 5.82 Å². The molecule has 0 amide bonds. The molecule has 0 radical (unpaired) electrons. The molecule has 1 N–H and O–H groups in total. The third-order valence-electron chi connectivity index (χ3n) is 1.85. The van der Waals surface area contributed by atoms with Crippen molar-refractivity contribution in [2.45, 2.75) is 19.8 Å². The molecule has 0 saturated heterocycles. The smallest absolute Gasteiger partial charge is 0.206 e. The summed E-state index contributed by atoms with van der Waals surface area (Å²) >= 11 is 0. The predicted molar refractivity (Wildman–Crippen MR) is 42.0 cm³/mol. The van der Waals surface area contributed by atoms with Gasteiger partial charge in [-0.05, 0) is 5.92 Å². The third-order valence-corrected chi connectivity index (χ3v) is 1.85. The maximum atomic E-state index is 13.1. The van der Waals surface area contributed by atoms with Crippen molar-refractivity contribution in [2.75, 3.05) is 0 Å². The van der Waals surface area contributed by atoms with E-state index in [0.29, 0.717) is 0 Å². The van der Waals surface area contributed by atoms with Crippen LogP contribution in [0.25, 0.3) is 0 Å². The number of phenols is 1. The molecule has 0 aliphatic carbocycles. The molecular weight excluding hydrogens is 200 g/mol. The van der Waals surface area contributed by atoms with Crippen LogP contribution in [0.5, 0.6) is 5.75 Å². The lowest BCUT2D eigenvalue weighted by molar-refractivity contribution is 0.350. The standard InChI is InChI=1S/C9H8F4O/c1-3(2)4-5(10)7(12)8(13)9(14)6(4)11/h3,14H,1-2H3. The van der Waals surface area contributed by atoms with Crippen molar-refractivity contribution in [3.8, 4) is 5.75 Å². The summed E-state index contributed by atoms with van der Waals surface area (Å²) in [7, 11) is 0. The van der Waals surface area contributed by atoms with Gasteiger partial charge in [0, 0.05) is 5.56 Å². The van der Waals surface area contributed by atoms with Gasteiger partial charge in [0.05, 0.1) is 0 Å². The molecule has 14 heavy (non-hydrogen) atoms. The summed E-state index contributed by atoms with van der Waals surface area (Å²) in [6.07, 6.45) is 0. The third kappa shape index (κ3) is 1.42. The van der Waals surface area contributed by atoms with Gasteiger partial charge >= 0.3 is 0 Å². The molecule has 0 bridgehead atoms. The van der Waals surface area contributed by atoms with Crippen LogP contribution >= 0.6 is 0 Å². The van der Waals surface area contributed by atoms with Gasteiger partial charge in [0.15, 0.2) is 23.2 Å². The molecule has 0 aliphatic heterocycles. The van der Waals surface area contributed by atoms with Crippen molar-refractivity contribution in [3.63, 3.8) is 0 Å². The Morgan fingerprint density at radius 1 is 0.857 bits per heavy atom. The highest BCUT2D eigenvalue weighted by atomic mass is 19.2. The fourth-order valence-corrected chi connectivity index (χ4v) is 1.15. The highest BCUT2D eigenvalue weighted by molar-refractivity contribution is 5.35. The van der Waals surface area contributed by atoms with Crippen LogP contribution in [-0.2, 0) is 0 Å². The number of hydrogen-bond donors (Lipinski definition) is 1. The van der Waals surface area contributed by atoms with Gasteiger partial charge < -0.3 is 5.11 Å². The van der Waals surface area contributed by atoms with Crippen molar-refractivity contribution in [1.82, 2.24) is 0 Å². The van der Waals surface area contributed by atoms with E-state index in [0.717, 1.165) is 0 Å². The molecule has 1 rings (SSSR count). The number of halogens is 4. The van der Waals surface area contributed by atoms with Crippen molar-refractivity contribution in [2.24, 2.45) is 0 Å². The SMILES string of the molecule is CC(C)c1c(F)c(O)c(F)c(F)c1F. The summed E-state index contributed by atoms with van der Waals surface area (Å²) in [5, 5.41) is 8.78. The minimum Gasteiger partial charge on any atom is -0.503 e. The Morgan fingerprint density at radius 3 is 1.79 bits per heavy atom. The van der Waals surface area contributed by atoms with E-state index in [1.54, 1.807) is 0 Å². The Hall–Kier alpha value is -1.26. The molecule has 1 aromatic carbocycles. The van der Waals surface area contributed by atoms with Crippen LogP contribution < -0.4 is 0 Å². The predicted octanol–water partition coefficient (Wildman–Crippen LogP) is 3.07. The van der Waals surface area contributed by atoms with Crippen LogP contribution in [0, 0.1) is 23.3 Å². The number of phenolic OH excluding ortho intramolecular Hbond substituents is 1. The Bertz CT molecular complexity index is 345. The monoisotopic (exact) mass is 208 g/mol. The van der Waals surface area contributed by atoms with Crippen LogP contribution in [0.4, 0.5) is 17.6 Å². The minimum absolute atomic E-state index is 0.651. The molecule has 1 aromatic rings. The highest BCUT2D eigenvalue weighted by Crippen LogP contribution is 2.32. The number of rotatable bonds is 1. The first-order valence-electron chi connectivity index (χ1n) is 3.92. The van der Waals surface area contributed by atoms with Crippen molar-refractivity contribution >= 4 is 0 Å². The van der Waals surface area contributed by atoms with E-state index in [4.69, 9.17) is 5.11 Å². The molecule has 0 heterocycles. The van der Waals surface area contributed by atoms with Crippen molar-refractivity contribution in [1.29, 1.82) is 0 Å². The summed E-state index contributed by atoms with van der Waals surface area (Å²) in [4.78, 5) is 0. The summed E-state index contributed by atoms with van der Waals surface area (Å²) in [6, 6.07) is 0. The van der Waals surface area contributed by atoms with Gasteiger partial charge in [-0.3, -0.25) is 0 Å². The quantitative estimate of drug-likeness (QED) is 0.427. The van der Waals surface area contributed by atoms with Gasteiger partial charge in [-0.1, -0.05) is 13.8 Å². The van der Waals surface area contributed by atoms with E-state index in [1.165, 1.54) is 13.8 Å². The van der Waals surface area contributed by atoms with Crippen molar-refractivity contribution < 1.29 is 22.7 Å². The first-order valence-corrected chi connectivity index (χ1v) is 3.92. The first-order chi connectivity index (χ1) is 6.37. The van der Waals surface area contributed by atoms with Gasteiger partial charge in [-0.25, -0.2) is 13.2 Å². The summed E-state index contributed by atoms with van der Waals surface area (Å²) in [6.45, 7) is 2.80. The second-order valence-electron chi connectivity index (χ2n) is 3.17. The van der Waals surface area contributed by atoms with Gasteiger partial charge in [0.25, 0.3) is 0 Å². The van der Waals surface area contributed by atoms with Crippen LogP contribution in [0.3, 0.4) is 0 Å². The molecule has 0 fully saturated rings. The van der Waals surface area contributed by atoms with Gasteiger partial charge in [-0.2, -0.15) is 4.39 Å². The van der Waals surface area contributed by atoms with Crippen LogP contribution in [0.1, 0.15) is 25.3 Å². The summed E-state index contributed by atoms with van der Waals surface area (Å²) in [5.74, 6) is -8.95. The normalized spacial score (nSPS) is 11.1. The molecule has 1 nitrogen and oxygen atoms in total. The van der Waals surface area contributed by atoms with Gasteiger partial charge in [0.1, 0.15) is 0 Å². The zero-order valence-electron chi connectivity index (χ0n) is 7.54. The Balaban J connectivity index is 3.60. The topological polar surface area (TPSA) is 20.2 Å². The number of aromatic hydroxyl groups is 1. The fourth-order valence-electron chi connectivity index (χ4n) is 1.15. The molecular formula is C9H8F4O. The Morgan fingerprint density at radius 2 is 1.36 bits per heavy atom. The Labute approximate surface area is 78.0 Å². The van der Waals surface area contributed by atoms with E-state index < -0.39 is 40.5 Å². The van der Waals surface area contributed by atoms with E-state index >= 15 is 0 Å². The van der Waals surface area contributed by atoms with Gasteiger partial charge in [-0.15, -0.1) is 0 Å². The lowest BCUT2D eigenvalue weighted by atomic mass is 10.0. The molecule has 5 heteroatoms. The average molecular weight is 208 g/mol. The molecule has 0 aromatic heterocycles. The zero-order valence-corrected chi connectivity index (χ0v) is 7.54. The summed E-state index contributed by atoms with van der Waals surface area (Å²) < 4.78 is 51.4. The number of hydrogen-bond acceptors (Lipinski definition) is 1. The average Bonchev–Trinajstić information content (AvgIpc) is 2.11. The first kappa shape index (κ1) is 10.8. The minimum atomic E-state index is -1.90. The fraction of sp³-hybridized carbons (Fsp3) is 0.333. The van der Waals surface area contributed by atoms with E-state index in [-0.39, 0.29) is 0 Å². The van der Waals surface area contributed by atoms with Crippen LogP contribution in [0.2, 0.25) is 0 Å². The van der Waals surface area contributed by atoms with E-state index in [9.17, 15) is 17.6 Å². The van der Waals surface area contributed by atoms with Crippen molar-refractivity contribution in [3.05, 3.63) is 28.8 Å². The maximum Gasteiger partial charge on any atom is 0.206 e. The highest BCUT2D eigenvalue weighted by Gasteiger charge is 2.26. The molecule has 78 valence electrons. The number of benzene rings is 1. The Kier molecular flexibility index (Phi) is 2.69. The molecule has 0 spiro atoms. The summed E-state index contributed by atoms with van der Waals surface area (Å²) in [5.41, 5.74) is -0.651. The second kappa shape index (κ2) is 3.48. The van der Waals surface area contributed by atoms with E-state index in [1.807, 2.05) is 0 Å². The molecule has 0 unspecified atom stereocenters. The zero-order chi connectivity index (χ0) is 11.0. The largest absolute Gasteiger partial charge is 0.503 e. The van der Waals surface area contributed by atoms with Crippen LogP contribution in [0.15, 0.2) is 0 Å². The second-order valence-corrected chi connectivity index (χ2v) is 3.17. The maximum absolute atomic E-state index is 13.1.